The molecule has 0 amide bonds. The van der Waals surface area contributed by atoms with Gasteiger partial charge in [-0.05, 0) is 0 Å². The third-order valence-electron chi connectivity index (χ3n) is 2.02. The van der Waals surface area contributed by atoms with Gasteiger partial charge in [0, 0.05) is 30.1 Å². The van der Waals surface area contributed by atoms with Crippen LogP contribution in [-0.4, -0.2) is 33.7 Å². The zero-order chi connectivity index (χ0) is 10.1. The van der Waals surface area contributed by atoms with E-state index in [0.29, 0.717) is 16.9 Å². The van der Waals surface area contributed by atoms with Crippen LogP contribution in [0.1, 0.15) is 0 Å². The fourth-order valence-corrected chi connectivity index (χ4v) is 1.33. The number of ether oxygens (including phenoxy) is 1. The molecule has 72 valence electrons. The molecule has 0 saturated carbocycles. The maximum atomic E-state index is 9.07. The molecule has 14 heavy (non-hydrogen) atoms. The van der Waals surface area contributed by atoms with Crippen molar-refractivity contribution in [3.8, 4) is 5.75 Å². The van der Waals surface area contributed by atoms with Crippen molar-refractivity contribution in [1.82, 2.24) is 9.38 Å². The van der Waals surface area contributed by atoms with E-state index in [2.05, 4.69) is 4.98 Å². The van der Waals surface area contributed by atoms with E-state index in [0.717, 1.165) is 0 Å². The Morgan fingerprint density at radius 1 is 1.50 bits per heavy atom. The summed E-state index contributed by atoms with van der Waals surface area (Å²) in [7, 11) is -0.0718. The molecule has 0 bridgehead atoms. The molecule has 2 aromatic heterocycles. The maximum absolute atomic E-state index is 9.07. The standard InChI is InChI=1S/C8H9BN2O3/c1-14-7-4-8-10-2-3-11(8)5-6(7)9(12)13/h2-5,12-13H,1H3. The average Bonchev–Trinajstić information content (AvgIpc) is 2.62. The highest BCUT2D eigenvalue weighted by molar-refractivity contribution is 6.59. The summed E-state index contributed by atoms with van der Waals surface area (Å²) in [5.41, 5.74) is 1.02. The highest BCUT2D eigenvalue weighted by Gasteiger charge is 2.18. The summed E-state index contributed by atoms with van der Waals surface area (Å²) in [6.45, 7) is 0. The quantitative estimate of drug-likeness (QED) is 0.600. The summed E-state index contributed by atoms with van der Waals surface area (Å²) in [5.74, 6) is 0.415. The lowest BCUT2D eigenvalue weighted by Gasteiger charge is -2.07. The summed E-state index contributed by atoms with van der Waals surface area (Å²) >= 11 is 0. The molecule has 2 aromatic rings. The molecular formula is C8H9BN2O3. The lowest BCUT2D eigenvalue weighted by molar-refractivity contribution is 0.403. The minimum Gasteiger partial charge on any atom is -0.497 e. The molecule has 0 spiro atoms. The lowest BCUT2D eigenvalue weighted by Crippen LogP contribution is -2.32. The predicted molar refractivity (Wildman–Crippen MR) is 51.6 cm³/mol. The van der Waals surface area contributed by atoms with Gasteiger partial charge in [0.05, 0.1) is 7.11 Å². The topological polar surface area (TPSA) is 67.0 Å². The summed E-state index contributed by atoms with van der Waals surface area (Å²) < 4.78 is 6.70. The van der Waals surface area contributed by atoms with Crippen molar-refractivity contribution in [2.24, 2.45) is 0 Å². The van der Waals surface area contributed by atoms with E-state index in [1.54, 1.807) is 29.1 Å². The largest absolute Gasteiger partial charge is 0.497 e. The summed E-state index contributed by atoms with van der Waals surface area (Å²) in [6, 6.07) is 1.65. The van der Waals surface area contributed by atoms with Crippen LogP contribution in [0.4, 0.5) is 0 Å². The van der Waals surface area contributed by atoms with Gasteiger partial charge < -0.3 is 19.2 Å². The molecule has 0 atom stereocenters. The number of rotatable bonds is 2. The molecule has 6 heteroatoms. The second kappa shape index (κ2) is 3.32. The molecule has 2 N–H and O–H groups in total. The van der Waals surface area contributed by atoms with E-state index >= 15 is 0 Å². The number of pyridine rings is 1. The van der Waals surface area contributed by atoms with Gasteiger partial charge in [0.2, 0.25) is 0 Å². The Hall–Kier alpha value is -1.53. The Kier molecular flexibility index (Phi) is 2.15. The van der Waals surface area contributed by atoms with E-state index in [-0.39, 0.29) is 0 Å². The summed E-state index contributed by atoms with van der Waals surface area (Å²) in [4.78, 5) is 4.05. The van der Waals surface area contributed by atoms with Crippen LogP contribution in [0.5, 0.6) is 5.75 Å². The summed E-state index contributed by atoms with van der Waals surface area (Å²) in [6.07, 6.45) is 4.93. The van der Waals surface area contributed by atoms with Crippen LogP contribution in [0.2, 0.25) is 0 Å². The molecule has 2 heterocycles. The number of nitrogens with zero attached hydrogens (tertiary/aromatic N) is 2. The highest BCUT2D eigenvalue weighted by atomic mass is 16.5. The Bertz CT molecular complexity index is 455. The molecule has 0 aliphatic rings. The van der Waals surface area contributed by atoms with Crippen molar-refractivity contribution in [3.63, 3.8) is 0 Å². The van der Waals surface area contributed by atoms with Crippen molar-refractivity contribution in [2.75, 3.05) is 7.11 Å². The highest BCUT2D eigenvalue weighted by Crippen LogP contribution is 2.10. The van der Waals surface area contributed by atoms with E-state index in [1.165, 1.54) is 7.11 Å². The number of fused-ring (bicyclic) bond motifs is 1. The SMILES string of the molecule is COc1cc2nccn2cc1B(O)O. The van der Waals surface area contributed by atoms with Gasteiger partial charge in [-0.1, -0.05) is 0 Å². The van der Waals surface area contributed by atoms with Crippen LogP contribution in [0.15, 0.2) is 24.7 Å². The summed E-state index contributed by atoms with van der Waals surface area (Å²) in [5, 5.41) is 18.1. The van der Waals surface area contributed by atoms with Gasteiger partial charge in [0.1, 0.15) is 11.4 Å². The second-order valence-electron chi connectivity index (χ2n) is 2.86. The van der Waals surface area contributed by atoms with Crippen molar-refractivity contribution in [3.05, 3.63) is 24.7 Å². The van der Waals surface area contributed by atoms with Crippen LogP contribution >= 0.6 is 0 Å². The van der Waals surface area contributed by atoms with Crippen LogP contribution in [-0.2, 0) is 0 Å². The molecule has 0 aliphatic carbocycles. The zero-order valence-electron chi connectivity index (χ0n) is 7.58. The molecule has 0 unspecified atom stereocenters. The Balaban J connectivity index is 2.66. The van der Waals surface area contributed by atoms with Gasteiger partial charge >= 0.3 is 7.12 Å². The predicted octanol–water partition coefficient (Wildman–Crippen LogP) is -0.977. The molecule has 0 fully saturated rings. The molecule has 2 rings (SSSR count). The number of aromatic nitrogens is 2. The monoisotopic (exact) mass is 192 g/mol. The molecule has 5 nitrogen and oxygen atoms in total. The fraction of sp³-hybridized carbons (Fsp3) is 0.125. The molecule has 0 aliphatic heterocycles. The molecule has 0 saturated heterocycles. The van der Waals surface area contributed by atoms with Crippen molar-refractivity contribution in [2.45, 2.75) is 0 Å². The normalized spacial score (nSPS) is 10.5. The molecule has 0 radical (unpaired) electrons. The van der Waals surface area contributed by atoms with Gasteiger partial charge in [-0.25, -0.2) is 4.98 Å². The van der Waals surface area contributed by atoms with Gasteiger partial charge in [-0.15, -0.1) is 0 Å². The van der Waals surface area contributed by atoms with Crippen LogP contribution in [0.25, 0.3) is 5.65 Å². The van der Waals surface area contributed by atoms with Crippen LogP contribution < -0.4 is 10.2 Å². The third kappa shape index (κ3) is 1.34. The van der Waals surface area contributed by atoms with Crippen molar-refractivity contribution >= 4 is 18.2 Å². The third-order valence-corrected chi connectivity index (χ3v) is 2.02. The minimum atomic E-state index is -1.54. The van der Waals surface area contributed by atoms with Crippen LogP contribution in [0.3, 0.4) is 0 Å². The first-order chi connectivity index (χ1) is 6.72. The first-order valence-electron chi connectivity index (χ1n) is 4.09. The first kappa shape index (κ1) is 9.05. The van der Waals surface area contributed by atoms with E-state index in [1.807, 2.05) is 0 Å². The fourth-order valence-electron chi connectivity index (χ4n) is 1.33. The van der Waals surface area contributed by atoms with Crippen molar-refractivity contribution < 1.29 is 14.8 Å². The van der Waals surface area contributed by atoms with Gasteiger partial charge in [-0.3, -0.25) is 0 Å². The van der Waals surface area contributed by atoms with Gasteiger partial charge in [0.15, 0.2) is 0 Å². The van der Waals surface area contributed by atoms with Crippen LogP contribution in [0, 0.1) is 0 Å². The Labute approximate surface area is 80.7 Å². The number of methoxy groups -OCH3 is 1. The maximum Gasteiger partial charge on any atom is 0.493 e. The molecule has 0 aromatic carbocycles. The first-order valence-corrected chi connectivity index (χ1v) is 4.09. The van der Waals surface area contributed by atoms with E-state index < -0.39 is 7.12 Å². The second-order valence-corrected chi connectivity index (χ2v) is 2.86. The van der Waals surface area contributed by atoms with Gasteiger partial charge in [-0.2, -0.15) is 0 Å². The van der Waals surface area contributed by atoms with E-state index in [4.69, 9.17) is 14.8 Å². The molecular weight excluding hydrogens is 183 g/mol. The van der Waals surface area contributed by atoms with E-state index in [9.17, 15) is 0 Å². The number of hydrogen-bond acceptors (Lipinski definition) is 4. The number of hydrogen-bond donors (Lipinski definition) is 2. The van der Waals surface area contributed by atoms with Gasteiger partial charge in [0.25, 0.3) is 0 Å². The Morgan fingerprint density at radius 3 is 2.93 bits per heavy atom. The smallest absolute Gasteiger partial charge is 0.493 e. The number of imidazole rings is 1. The average molecular weight is 192 g/mol. The van der Waals surface area contributed by atoms with Crippen molar-refractivity contribution in [1.29, 1.82) is 0 Å². The zero-order valence-corrected chi connectivity index (χ0v) is 7.58. The lowest BCUT2D eigenvalue weighted by atomic mass is 9.81. The minimum absolute atomic E-state index is 0.318. The Morgan fingerprint density at radius 2 is 2.29 bits per heavy atom.